The first-order valence-corrected chi connectivity index (χ1v) is 22.4. The van der Waals surface area contributed by atoms with Crippen LogP contribution in [0.4, 0.5) is 0 Å². The van der Waals surface area contributed by atoms with Crippen LogP contribution in [-0.4, -0.2) is 9.13 Å². The smallest absolute Gasteiger partial charge is 0.145 e. The maximum Gasteiger partial charge on any atom is 0.145 e. The molecule has 64 heavy (non-hydrogen) atoms. The van der Waals surface area contributed by atoms with Gasteiger partial charge < -0.3 is 13.6 Å². The Morgan fingerprint density at radius 3 is 1.75 bits per heavy atom. The number of furan rings is 1. The Bertz CT molecular complexity index is 4070. The molecule has 10 aromatic carbocycles. The van der Waals surface area contributed by atoms with Crippen LogP contribution in [-0.2, 0) is 0 Å². The Kier molecular flexibility index (Phi) is 7.44. The summed E-state index contributed by atoms with van der Waals surface area (Å²) in [5.74, 6) is 1.38. The zero-order chi connectivity index (χ0) is 42.0. The number of nitrogens with zero attached hydrogens (tertiary/aromatic N) is 2. The highest BCUT2D eigenvalue weighted by atomic mass is 16.3. The second kappa shape index (κ2) is 13.4. The first-order valence-electron chi connectivity index (χ1n) is 22.4. The van der Waals surface area contributed by atoms with Crippen molar-refractivity contribution in [1.82, 2.24) is 9.13 Å². The molecule has 3 aromatic heterocycles. The Balaban J connectivity index is 1.03. The lowest BCUT2D eigenvalue weighted by atomic mass is 9.90. The molecule has 3 heterocycles. The van der Waals surface area contributed by atoms with Gasteiger partial charge in [-0.15, -0.1) is 0 Å². The third-order valence-electron chi connectivity index (χ3n) is 14.1. The molecule has 0 amide bonds. The first-order chi connectivity index (χ1) is 31.7. The molecular formula is C61H40N2O. The van der Waals surface area contributed by atoms with E-state index in [1.165, 1.54) is 98.2 Å². The third-order valence-corrected chi connectivity index (χ3v) is 14.1. The standard InChI is InChI=1S/C61H40N2O/c1-37-13-11-24-56-57(37)51-32-34-55-59(61(51)64-56)50-31-33-54-58(60(50)63(55)42-28-25-39(26-29-42)38-14-3-2-4-15-38)49-22-9-10-23-53(49)62(54)43-17-12-16-40(35-43)41-27-30-48-46-20-6-5-18-44(46)45-19-7-8-21-47(45)52(48)36-41/h2-12,14-37H,13H2,1H3. The molecule has 14 rings (SSSR count). The van der Waals surface area contributed by atoms with Crippen molar-refractivity contribution in [3.63, 3.8) is 0 Å². The van der Waals surface area contributed by atoms with E-state index in [1.54, 1.807) is 0 Å². The van der Waals surface area contributed by atoms with E-state index in [2.05, 4.69) is 222 Å². The van der Waals surface area contributed by atoms with Crippen molar-refractivity contribution in [3.8, 4) is 33.6 Å². The molecule has 1 atom stereocenters. The van der Waals surface area contributed by atoms with Crippen LogP contribution in [0.2, 0.25) is 0 Å². The van der Waals surface area contributed by atoms with Gasteiger partial charge in [-0.25, -0.2) is 0 Å². The number of allylic oxidation sites excluding steroid dienone is 1. The van der Waals surface area contributed by atoms with Crippen molar-refractivity contribution in [2.45, 2.75) is 19.3 Å². The van der Waals surface area contributed by atoms with E-state index in [0.717, 1.165) is 40.0 Å². The van der Waals surface area contributed by atoms with Gasteiger partial charge in [0.2, 0.25) is 0 Å². The summed E-state index contributed by atoms with van der Waals surface area (Å²) in [7, 11) is 0. The molecule has 0 saturated heterocycles. The van der Waals surface area contributed by atoms with Crippen LogP contribution in [0.1, 0.15) is 30.6 Å². The number of benzene rings is 10. The fourth-order valence-corrected chi connectivity index (χ4v) is 11.3. The highest BCUT2D eigenvalue weighted by molar-refractivity contribution is 6.30. The molecule has 0 aliphatic heterocycles. The van der Waals surface area contributed by atoms with E-state index in [0.29, 0.717) is 5.92 Å². The molecule has 1 unspecified atom stereocenters. The van der Waals surface area contributed by atoms with Crippen LogP contribution in [0.15, 0.2) is 205 Å². The lowest BCUT2D eigenvalue weighted by Gasteiger charge is -2.13. The van der Waals surface area contributed by atoms with Crippen molar-refractivity contribution >= 4 is 93.0 Å². The Labute approximate surface area is 369 Å². The number of hydrogen-bond acceptors (Lipinski definition) is 1. The normalized spacial score (nSPS) is 14.0. The molecule has 1 aliphatic rings. The minimum Gasteiger partial charge on any atom is -0.456 e. The minimum absolute atomic E-state index is 0.395. The Morgan fingerprint density at radius 2 is 0.984 bits per heavy atom. The largest absolute Gasteiger partial charge is 0.456 e. The average Bonchev–Trinajstić information content (AvgIpc) is 4.03. The van der Waals surface area contributed by atoms with Crippen molar-refractivity contribution in [2.75, 3.05) is 0 Å². The number of aromatic nitrogens is 2. The monoisotopic (exact) mass is 816 g/mol. The summed E-state index contributed by atoms with van der Waals surface area (Å²) in [6.45, 7) is 2.32. The van der Waals surface area contributed by atoms with Gasteiger partial charge in [0.15, 0.2) is 0 Å². The molecule has 0 saturated carbocycles. The molecule has 3 heteroatoms. The highest BCUT2D eigenvalue weighted by Gasteiger charge is 2.27. The molecule has 0 spiro atoms. The van der Waals surface area contributed by atoms with Crippen LogP contribution in [0.3, 0.4) is 0 Å². The maximum atomic E-state index is 6.90. The Morgan fingerprint density at radius 1 is 0.406 bits per heavy atom. The predicted octanol–water partition coefficient (Wildman–Crippen LogP) is 16.9. The summed E-state index contributed by atoms with van der Waals surface area (Å²) < 4.78 is 11.9. The molecule has 300 valence electrons. The van der Waals surface area contributed by atoms with Gasteiger partial charge in [-0.3, -0.25) is 0 Å². The van der Waals surface area contributed by atoms with Gasteiger partial charge in [-0.2, -0.15) is 0 Å². The molecule has 0 radical (unpaired) electrons. The quantitative estimate of drug-likeness (QED) is 0.162. The van der Waals surface area contributed by atoms with Gasteiger partial charge in [-0.05, 0) is 134 Å². The topological polar surface area (TPSA) is 23.0 Å². The van der Waals surface area contributed by atoms with Crippen molar-refractivity contribution < 1.29 is 4.42 Å². The van der Waals surface area contributed by atoms with Crippen LogP contribution in [0.5, 0.6) is 0 Å². The zero-order valence-electron chi connectivity index (χ0n) is 35.2. The van der Waals surface area contributed by atoms with E-state index in [4.69, 9.17) is 4.42 Å². The van der Waals surface area contributed by atoms with Gasteiger partial charge in [-0.1, -0.05) is 146 Å². The van der Waals surface area contributed by atoms with E-state index in [1.807, 2.05) is 0 Å². The van der Waals surface area contributed by atoms with E-state index < -0.39 is 0 Å². The van der Waals surface area contributed by atoms with Crippen molar-refractivity contribution in [2.24, 2.45) is 0 Å². The summed E-state index contributed by atoms with van der Waals surface area (Å²) in [6, 6.07) is 71.6. The van der Waals surface area contributed by atoms with Gasteiger partial charge in [0.25, 0.3) is 0 Å². The number of para-hydroxylation sites is 1. The molecule has 13 aromatic rings. The second-order valence-corrected chi connectivity index (χ2v) is 17.6. The van der Waals surface area contributed by atoms with Gasteiger partial charge in [0, 0.05) is 38.5 Å². The predicted molar refractivity (Wildman–Crippen MR) is 270 cm³/mol. The maximum absolute atomic E-state index is 6.90. The van der Waals surface area contributed by atoms with Gasteiger partial charge >= 0.3 is 0 Å². The summed E-state index contributed by atoms with van der Waals surface area (Å²) >= 11 is 0. The lowest BCUT2D eigenvalue weighted by Crippen LogP contribution is -1.97. The van der Waals surface area contributed by atoms with Crippen LogP contribution in [0, 0.1) is 0 Å². The fourth-order valence-electron chi connectivity index (χ4n) is 11.3. The summed E-state index contributed by atoms with van der Waals surface area (Å²) in [5, 5.41) is 13.7. The minimum atomic E-state index is 0.395. The Hall–Kier alpha value is -8.14. The summed E-state index contributed by atoms with van der Waals surface area (Å²) in [5.41, 5.74) is 14.0. The molecule has 1 aliphatic carbocycles. The van der Waals surface area contributed by atoms with E-state index in [-0.39, 0.29) is 0 Å². The third kappa shape index (κ3) is 4.98. The average molecular weight is 817 g/mol. The SMILES string of the molecule is CC1CC=Cc2oc3c(ccc4c3c3ccc5c(c6ccccc6n5-c5cccc(-c6ccc7c8ccccc8c8ccccc8c7c6)c5)c3n4-c3ccc(-c4ccccc4)cc3)c21. The van der Waals surface area contributed by atoms with Crippen LogP contribution >= 0.6 is 0 Å². The van der Waals surface area contributed by atoms with E-state index >= 15 is 0 Å². The number of fused-ring (bicyclic) bond motifs is 17. The molecular weight excluding hydrogens is 777 g/mol. The van der Waals surface area contributed by atoms with Gasteiger partial charge in [0.05, 0.1) is 27.5 Å². The molecule has 0 N–H and O–H groups in total. The van der Waals surface area contributed by atoms with Crippen LogP contribution < -0.4 is 0 Å². The molecule has 0 fully saturated rings. The number of rotatable bonds is 4. The summed E-state index contributed by atoms with van der Waals surface area (Å²) in [6.07, 6.45) is 5.44. The lowest BCUT2D eigenvalue weighted by molar-refractivity contribution is 0.589. The van der Waals surface area contributed by atoms with Crippen LogP contribution in [0.25, 0.3) is 127 Å². The second-order valence-electron chi connectivity index (χ2n) is 17.6. The number of hydrogen-bond donors (Lipinski definition) is 0. The zero-order valence-corrected chi connectivity index (χ0v) is 35.2. The highest BCUT2D eigenvalue weighted by Crippen LogP contribution is 2.47. The van der Waals surface area contributed by atoms with Crippen molar-refractivity contribution in [1.29, 1.82) is 0 Å². The van der Waals surface area contributed by atoms with Gasteiger partial charge in [0.1, 0.15) is 11.3 Å². The summed E-state index contributed by atoms with van der Waals surface area (Å²) in [4.78, 5) is 0. The molecule has 0 bridgehead atoms. The first kappa shape index (κ1) is 35.5. The van der Waals surface area contributed by atoms with Crippen molar-refractivity contribution in [3.05, 3.63) is 212 Å². The van der Waals surface area contributed by atoms with E-state index in [9.17, 15) is 0 Å². The fraction of sp³-hybridized carbons (Fsp3) is 0.0492. The molecule has 3 nitrogen and oxygen atoms in total.